The average Bonchev–Trinajstić information content (AvgIpc) is 2.71. The van der Waals surface area contributed by atoms with Crippen LogP contribution in [0.1, 0.15) is 24.7 Å². The Morgan fingerprint density at radius 3 is 1.64 bits per heavy atom. The molecular weight excluding hydrogens is 340 g/mol. The van der Waals surface area contributed by atoms with Crippen molar-refractivity contribution in [2.24, 2.45) is 0 Å². The highest BCUT2D eigenvalue weighted by Gasteiger charge is 2.68. The molecule has 0 aliphatic carbocycles. The standard InChI is InChI=1S/C9H7F10N3/c1-2-3-22-5(7(12,13)9(17,18)19)4(20-21-22)6(10,11)8(14,15)16/h2-3H2,1H3. The van der Waals surface area contributed by atoms with E-state index < -0.39 is 42.1 Å². The van der Waals surface area contributed by atoms with Crippen molar-refractivity contribution in [2.45, 2.75) is 44.1 Å². The number of nitrogens with zero attached hydrogens (tertiary/aromatic N) is 3. The van der Waals surface area contributed by atoms with E-state index in [1.807, 2.05) is 0 Å². The molecule has 1 aromatic heterocycles. The van der Waals surface area contributed by atoms with Gasteiger partial charge >= 0.3 is 24.2 Å². The Labute approximate surface area is 115 Å². The Bertz CT molecular complexity index is 527. The van der Waals surface area contributed by atoms with Crippen LogP contribution in [0.5, 0.6) is 0 Å². The normalized spacial score (nSPS) is 14.5. The summed E-state index contributed by atoms with van der Waals surface area (Å²) in [4.78, 5) is 0. The zero-order valence-electron chi connectivity index (χ0n) is 10.5. The summed E-state index contributed by atoms with van der Waals surface area (Å²) in [6.45, 7) is 0.515. The third kappa shape index (κ3) is 2.84. The molecule has 0 saturated heterocycles. The van der Waals surface area contributed by atoms with Gasteiger partial charge in [-0.15, -0.1) is 5.10 Å². The minimum absolute atomic E-state index is 0.151. The second-order valence-corrected chi connectivity index (χ2v) is 4.15. The molecule has 0 aliphatic heterocycles. The maximum absolute atomic E-state index is 13.3. The molecule has 22 heavy (non-hydrogen) atoms. The van der Waals surface area contributed by atoms with Gasteiger partial charge in [0.05, 0.1) is 0 Å². The number of hydrogen-bond donors (Lipinski definition) is 0. The van der Waals surface area contributed by atoms with Crippen molar-refractivity contribution in [2.75, 3.05) is 0 Å². The van der Waals surface area contributed by atoms with Crippen LogP contribution in [0.25, 0.3) is 0 Å². The lowest BCUT2D eigenvalue weighted by Gasteiger charge is -2.24. The van der Waals surface area contributed by atoms with E-state index >= 15 is 0 Å². The van der Waals surface area contributed by atoms with E-state index in [1.54, 1.807) is 0 Å². The Morgan fingerprint density at radius 2 is 1.27 bits per heavy atom. The van der Waals surface area contributed by atoms with Gasteiger partial charge in [0.2, 0.25) is 0 Å². The number of aryl methyl sites for hydroxylation is 1. The molecule has 1 heterocycles. The van der Waals surface area contributed by atoms with Crippen molar-refractivity contribution in [3.63, 3.8) is 0 Å². The third-order valence-corrected chi connectivity index (χ3v) is 2.48. The Morgan fingerprint density at radius 1 is 0.818 bits per heavy atom. The monoisotopic (exact) mass is 347 g/mol. The van der Waals surface area contributed by atoms with E-state index in [9.17, 15) is 43.9 Å². The van der Waals surface area contributed by atoms with Crippen LogP contribution in [0.2, 0.25) is 0 Å². The average molecular weight is 347 g/mol. The fraction of sp³-hybridized carbons (Fsp3) is 0.778. The molecule has 1 aromatic rings. The molecule has 0 spiro atoms. The zero-order chi connectivity index (χ0) is 17.6. The topological polar surface area (TPSA) is 30.7 Å². The highest BCUT2D eigenvalue weighted by Crippen LogP contribution is 2.50. The summed E-state index contributed by atoms with van der Waals surface area (Å²) < 4.78 is 126. The molecule has 0 atom stereocenters. The van der Waals surface area contributed by atoms with Gasteiger partial charge in [-0.05, 0) is 6.42 Å². The van der Waals surface area contributed by atoms with E-state index in [0.717, 1.165) is 0 Å². The van der Waals surface area contributed by atoms with Gasteiger partial charge < -0.3 is 0 Å². The number of aromatic nitrogens is 3. The minimum Gasteiger partial charge on any atom is -0.242 e. The van der Waals surface area contributed by atoms with Crippen LogP contribution in [0.3, 0.4) is 0 Å². The summed E-state index contributed by atoms with van der Waals surface area (Å²) in [6.07, 6.45) is -12.9. The molecule has 0 aliphatic rings. The maximum Gasteiger partial charge on any atom is 0.459 e. The van der Waals surface area contributed by atoms with Crippen LogP contribution >= 0.6 is 0 Å². The summed E-state index contributed by atoms with van der Waals surface area (Å²) in [5.41, 5.74) is -5.39. The molecule has 0 N–H and O–H groups in total. The third-order valence-electron chi connectivity index (χ3n) is 2.48. The molecule has 3 nitrogen and oxygen atoms in total. The van der Waals surface area contributed by atoms with Crippen LogP contribution in [0.4, 0.5) is 43.9 Å². The zero-order valence-corrected chi connectivity index (χ0v) is 10.5. The van der Waals surface area contributed by atoms with Crippen molar-refractivity contribution in [1.82, 2.24) is 15.0 Å². The van der Waals surface area contributed by atoms with E-state index in [0.29, 0.717) is 0 Å². The fourth-order valence-electron chi connectivity index (χ4n) is 1.47. The van der Waals surface area contributed by atoms with Crippen LogP contribution in [0, 0.1) is 0 Å². The van der Waals surface area contributed by atoms with Gasteiger partial charge in [0, 0.05) is 6.54 Å². The van der Waals surface area contributed by atoms with Gasteiger partial charge in [0.1, 0.15) is 5.69 Å². The highest BCUT2D eigenvalue weighted by atomic mass is 19.4. The summed E-state index contributed by atoms with van der Waals surface area (Å²) in [6, 6.07) is 0. The summed E-state index contributed by atoms with van der Waals surface area (Å²) in [5.74, 6) is -12.0. The molecule has 0 fully saturated rings. The number of halogens is 10. The molecule has 0 saturated carbocycles. The molecule has 0 aromatic carbocycles. The van der Waals surface area contributed by atoms with E-state index in [4.69, 9.17) is 0 Å². The Hall–Kier alpha value is -1.56. The first-order valence-corrected chi connectivity index (χ1v) is 5.51. The van der Waals surface area contributed by atoms with E-state index in [-0.39, 0.29) is 11.1 Å². The van der Waals surface area contributed by atoms with Crippen LogP contribution in [0.15, 0.2) is 0 Å². The first-order chi connectivity index (χ1) is 9.68. The van der Waals surface area contributed by atoms with Crippen molar-refractivity contribution in [3.8, 4) is 0 Å². The minimum atomic E-state index is -6.41. The molecule has 128 valence electrons. The van der Waals surface area contributed by atoms with Crippen LogP contribution in [-0.2, 0) is 18.4 Å². The summed E-state index contributed by atoms with van der Waals surface area (Å²) in [7, 11) is 0. The first kappa shape index (κ1) is 18.5. The quantitative estimate of drug-likeness (QED) is 0.771. The second-order valence-electron chi connectivity index (χ2n) is 4.15. The number of hydrogen-bond acceptors (Lipinski definition) is 2. The Kier molecular flexibility index (Phi) is 4.42. The Balaban J connectivity index is 3.64. The van der Waals surface area contributed by atoms with Crippen LogP contribution in [-0.4, -0.2) is 27.3 Å². The largest absolute Gasteiger partial charge is 0.459 e. The first-order valence-electron chi connectivity index (χ1n) is 5.51. The van der Waals surface area contributed by atoms with Crippen LogP contribution < -0.4 is 0 Å². The lowest BCUT2D eigenvalue weighted by Crippen LogP contribution is -2.41. The van der Waals surface area contributed by atoms with Gasteiger partial charge in [-0.2, -0.15) is 43.9 Å². The maximum atomic E-state index is 13.3. The van der Waals surface area contributed by atoms with Gasteiger partial charge in [-0.1, -0.05) is 12.1 Å². The molecule has 0 unspecified atom stereocenters. The van der Waals surface area contributed by atoms with Crippen molar-refractivity contribution in [1.29, 1.82) is 0 Å². The molecule has 13 heteroatoms. The number of alkyl halides is 10. The van der Waals surface area contributed by atoms with Crippen molar-refractivity contribution >= 4 is 0 Å². The van der Waals surface area contributed by atoms with Crippen molar-refractivity contribution < 1.29 is 43.9 Å². The van der Waals surface area contributed by atoms with Gasteiger partial charge in [0.25, 0.3) is 0 Å². The predicted molar refractivity (Wildman–Crippen MR) is 50.2 cm³/mol. The predicted octanol–water partition coefficient (Wildman–Crippen LogP) is 4.00. The van der Waals surface area contributed by atoms with E-state index in [2.05, 4.69) is 10.3 Å². The molecule has 0 amide bonds. The van der Waals surface area contributed by atoms with Crippen molar-refractivity contribution in [3.05, 3.63) is 11.4 Å². The smallest absolute Gasteiger partial charge is 0.242 e. The van der Waals surface area contributed by atoms with Gasteiger partial charge in [-0.25, -0.2) is 4.68 Å². The van der Waals surface area contributed by atoms with Gasteiger partial charge in [-0.3, -0.25) is 0 Å². The second kappa shape index (κ2) is 5.26. The SMILES string of the molecule is CCCn1nnc(C(F)(F)C(F)(F)F)c1C(F)(F)C(F)(F)F. The summed E-state index contributed by atoms with van der Waals surface area (Å²) in [5, 5.41) is 4.79. The fourth-order valence-corrected chi connectivity index (χ4v) is 1.47. The lowest BCUT2D eigenvalue weighted by molar-refractivity contribution is -0.304. The van der Waals surface area contributed by atoms with Gasteiger partial charge in [0.15, 0.2) is 5.69 Å². The molecule has 0 bridgehead atoms. The lowest BCUT2D eigenvalue weighted by atomic mass is 10.1. The number of rotatable bonds is 4. The molecule has 0 radical (unpaired) electrons. The molecule has 1 rings (SSSR count). The highest BCUT2D eigenvalue weighted by molar-refractivity contribution is 5.24. The molecular formula is C9H7F10N3. The summed E-state index contributed by atoms with van der Waals surface area (Å²) >= 11 is 0. The van der Waals surface area contributed by atoms with E-state index in [1.165, 1.54) is 6.92 Å².